The van der Waals surface area contributed by atoms with Crippen LogP contribution >= 0.6 is 0 Å². The number of aromatic nitrogens is 2. The highest BCUT2D eigenvalue weighted by atomic mass is 19.4. The quantitative estimate of drug-likeness (QED) is 0.735. The zero-order chi connectivity index (χ0) is 22.2. The lowest BCUT2D eigenvalue weighted by atomic mass is 10.0. The predicted molar refractivity (Wildman–Crippen MR) is 113 cm³/mol. The van der Waals surface area contributed by atoms with Gasteiger partial charge in [0.05, 0.1) is 12.2 Å². The normalized spacial score (nSPS) is 24.0. The monoisotopic (exact) mass is 435 g/mol. The number of hydrogen-bond acceptors (Lipinski definition) is 4. The van der Waals surface area contributed by atoms with Gasteiger partial charge >= 0.3 is 6.18 Å². The van der Waals surface area contributed by atoms with Crippen LogP contribution in [0.4, 0.5) is 24.7 Å². The number of carbonyl (C=O) groups excluding carboxylic acids is 1. The summed E-state index contributed by atoms with van der Waals surface area (Å²) in [6.45, 7) is 5.38. The number of fused-ring (bicyclic) bond motifs is 1. The van der Waals surface area contributed by atoms with Gasteiger partial charge in [-0.25, -0.2) is 4.68 Å². The molecule has 2 aliphatic rings. The van der Waals surface area contributed by atoms with Crippen molar-refractivity contribution in [3.8, 4) is 0 Å². The van der Waals surface area contributed by atoms with Gasteiger partial charge in [0.1, 0.15) is 5.82 Å². The topological polar surface area (TPSA) is 62.2 Å². The molecule has 2 aliphatic heterocycles. The highest BCUT2D eigenvalue weighted by molar-refractivity contribution is 5.92. The van der Waals surface area contributed by atoms with Gasteiger partial charge in [-0.1, -0.05) is 25.1 Å². The number of para-hydroxylation sites is 1. The summed E-state index contributed by atoms with van der Waals surface area (Å²) in [7, 11) is 0. The number of hydrogen-bond donors (Lipinski definition) is 2. The molecule has 31 heavy (non-hydrogen) atoms. The van der Waals surface area contributed by atoms with Gasteiger partial charge < -0.3 is 10.6 Å². The molecule has 3 heterocycles. The largest absolute Gasteiger partial charge is 0.410 e. The Morgan fingerprint density at radius 2 is 2.10 bits per heavy atom. The number of amides is 1. The summed E-state index contributed by atoms with van der Waals surface area (Å²) in [5.74, 6) is 0.356. The Kier molecular flexibility index (Phi) is 5.96. The highest BCUT2D eigenvalue weighted by Gasteiger charge is 2.46. The van der Waals surface area contributed by atoms with Crippen molar-refractivity contribution in [3.63, 3.8) is 0 Å². The number of halogens is 3. The number of rotatable bonds is 5. The maximum absolute atomic E-state index is 13.6. The molecule has 0 unspecified atom stereocenters. The molecule has 1 amide bonds. The number of carbonyl (C=O) groups is 1. The molecular weight excluding hydrogens is 407 g/mol. The fourth-order valence-electron chi connectivity index (χ4n) is 4.46. The first-order valence-electron chi connectivity index (χ1n) is 10.7. The molecular formula is C22H28F3N5O. The molecule has 0 saturated carbocycles. The van der Waals surface area contributed by atoms with Crippen molar-refractivity contribution in [1.29, 1.82) is 0 Å². The van der Waals surface area contributed by atoms with Gasteiger partial charge in [-0.15, -0.1) is 0 Å². The molecule has 6 nitrogen and oxygen atoms in total. The van der Waals surface area contributed by atoms with Gasteiger partial charge in [0.2, 0.25) is 5.91 Å². The van der Waals surface area contributed by atoms with Gasteiger partial charge in [-0.2, -0.15) is 18.3 Å². The van der Waals surface area contributed by atoms with Crippen LogP contribution in [-0.4, -0.2) is 52.4 Å². The smallest absolute Gasteiger partial charge is 0.367 e. The molecule has 9 heteroatoms. The van der Waals surface area contributed by atoms with Crippen LogP contribution in [0.3, 0.4) is 0 Å². The highest BCUT2D eigenvalue weighted by Crippen LogP contribution is 2.41. The average Bonchev–Trinajstić information content (AvgIpc) is 3.34. The lowest BCUT2D eigenvalue weighted by Gasteiger charge is -2.32. The molecule has 1 aromatic carbocycles. The molecule has 4 rings (SSSR count). The van der Waals surface area contributed by atoms with Crippen LogP contribution in [0.2, 0.25) is 0 Å². The molecule has 1 fully saturated rings. The van der Waals surface area contributed by atoms with Crippen LogP contribution in [0.25, 0.3) is 0 Å². The third-order valence-electron chi connectivity index (χ3n) is 6.26. The summed E-state index contributed by atoms with van der Waals surface area (Å²) < 4.78 is 41.9. The second-order valence-electron chi connectivity index (χ2n) is 8.53. The molecule has 1 saturated heterocycles. The summed E-state index contributed by atoms with van der Waals surface area (Å²) in [4.78, 5) is 14.5. The lowest BCUT2D eigenvalue weighted by molar-refractivity contribution is -0.173. The minimum Gasteiger partial charge on any atom is -0.367 e. The first-order valence-corrected chi connectivity index (χ1v) is 10.7. The Labute approximate surface area is 179 Å². The third kappa shape index (κ3) is 4.71. The molecule has 0 spiro atoms. The fraction of sp³-hybridized carbons (Fsp3) is 0.545. The maximum Gasteiger partial charge on any atom is 0.410 e. The number of likely N-dealkylation sites (tertiary alicyclic amines) is 1. The molecule has 168 valence electrons. The maximum atomic E-state index is 13.6. The van der Waals surface area contributed by atoms with E-state index in [4.69, 9.17) is 0 Å². The van der Waals surface area contributed by atoms with Gasteiger partial charge in [0.15, 0.2) is 6.04 Å². The van der Waals surface area contributed by atoms with E-state index in [1.165, 1.54) is 0 Å². The van der Waals surface area contributed by atoms with Crippen molar-refractivity contribution in [3.05, 3.63) is 41.6 Å². The molecule has 1 aromatic heterocycles. The molecule has 2 N–H and O–H groups in total. The minimum absolute atomic E-state index is 0.00993. The number of anilines is 2. The number of aryl methyl sites for hydroxylation is 1. The first-order chi connectivity index (χ1) is 14.7. The van der Waals surface area contributed by atoms with Gasteiger partial charge in [-0.3, -0.25) is 9.69 Å². The molecule has 0 bridgehead atoms. The van der Waals surface area contributed by atoms with E-state index in [2.05, 4.69) is 15.7 Å². The summed E-state index contributed by atoms with van der Waals surface area (Å²) in [5.41, 5.74) is 2.45. The van der Waals surface area contributed by atoms with Crippen molar-refractivity contribution < 1.29 is 18.0 Å². The number of benzene rings is 1. The number of alkyl halides is 3. The SMILES string of the molecule is CC[C@@H]1C[C@@H](C(F)(F)F)n2nc([C@@H]3CCN(CC(=O)Nc4ccccc4C)C3)cc2N1. The van der Waals surface area contributed by atoms with Crippen LogP contribution in [0.5, 0.6) is 0 Å². The third-order valence-corrected chi connectivity index (χ3v) is 6.26. The van der Waals surface area contributed by atoms with Crippen LogP contribution in [0.1, 0.15) is 49.4 Å². The van der Waals surface area contributed by atoms with E-state index in [0.29, 0.717) is 31.0 Å². The second-order valence-corrected chi connectivity index (χ2v) is 8.53. The van der Waals surface area contributed by atoms with E-state index >= 15 is 0 Å². The van der Waals surface area contributed by atoms with Crippen molar-refractivity contribution in [2.75, 3.05) is 30.3 Å². The zero-order valence-corrected chi connectivity index (χ0v) is 17.7. The average molecular weight is 435 g/mol. The van der Waals surface area contributed by atoms with E-state index in [9.17, 15) is 18.0 Å². The Morgan fingerprint density at radius 3 is 2.81 bits per heavy atom. The van der Waals surface area contributed by atoms with Crippen LogP contribution in [-0.2, 0) is 4.79 Å². The summed E-state index contributed by atoms with van der Waals surface area (Å²) in [6, 6.07) is 7.54. The Balaban J connectivity index is 1.41. The van der Waals surface area contributed by atoms with Crippen molar-refractivity contribution in [2.24, 2.45) is 0 Å². The van der Waals surface area contributed by atoms with E-state index in [1.54, 1.807) is 6.07 Å². The van der Waals surface area contributed by atoms with Gasteiger partial charge in [-0.05, 0) is 44.4 Å². The second kappa shape index (κ2) is 8.53. The van der Waals surface area contributed by atoms with E-state index in [-0.39, 0.29) is 30.8 Å². The molecule has 2 aromatic rings. The number of nitrogens with zero attached hydrogens (tertiary/aromatic N) is 3. The standard InChI is InChI=1S/C22H28F3N5O/c1-3-16-10-19(22(23,24)25)30-20(26-16)11-18(28-30)15-8-9-29(12-15)13-21(31)27-17-7-5-4-6-14(17)2/h4-7,11,15-16,19,26H,3,8-10,12-13H2,1-2H3,(H,27,31)/t15-,16-,19+/m1/s1. The zero-order valence-electron chi connectivity index (χ0n) is 17.7. The van der Waals surface area contributed by atoms with Crippen molar-refractivity contribution in [1.82, 2.24) is 14.7 Å². The summed E-state index contributed by atoms with van der Waals surface area (Å²) in [6.07, 6.45) is -2.95. The summed E-state index contributed by atoms with van der Waals surface area (Å²) in [5, 5.41) is 10.5. The van der Waals surface area contributed by atoms with Crippen molar-refractivity contribution >= 4 is 17.4 Å². The van der Waals surface area contributed by atoms with Gasteiger partial charge in [0, 0.05) is 30.3 Å². The van der Waals surface area contributed by atoms with Crippen LogP contribution in [0.15, 0.2) is 30.3 Å². The summed E-state index contributed by atoms with van der Waals surface area (Å²) >= 11 is 0. The Bertz CT molecular complexity index is 941. The predicted octanol–water partition coefficient (Wildman–Crippen LogP) is 4.32. The van der Waals surface area contributed by atoms with Gasteiger partial charge in [0.25, 0.3) is 0 Å². The Morgan fingerprint density at radius 1 is 1.32 bits per heavy atom. The number of nitrogens with one attached hydrogen (secondary N) is 2. The molecule has 0 aliphatic carbocycles. The van der Waals surface area contributed by atoms with Crippen LogP contribution < -0.4 is 10.6 Å². The first kappa shape index (κ1) is 21.7. The van der Waals surface area contributed by atoms with E-state index in [1.807, 2.05) is 43.0 Å². The van der Waals surface area contributed by atoms with Crippen molar-refractivity contribution in [2.45, 2.75) is 57.3 Å². The minimum atomic E-state index is -4.33. The van der Waals surface area contributed by atoms with E-state index in [0.717, 1.165) is 22.4 Å². The lowest BCUT2D eigenvalue weighted by Crippen LogP contribution is -2.38. The molecule has 0 radical (unpaired) electrons. The van der Waals surface area contributed by atoms with Crippen LogP contribution in [0, 0.1) is 6.92 Å². The molecule has 3 atom stereocenters. The Hall–Kier alpha value is -2.55. The fourth-order valence-corrected chi connectivity index (χ4v) is 4.46. The van der Waals surface area contributed by atoms with E-state index < -0.39 is 12.2 Å².